The standard InChI is InChI=1S/C13H15N3O3/c1-19-9-5-2-4-8-11(9)15-13(18)16(12(8)17)10-6-3-7-14-10/h2,4-5,10,14H,3,6-7H2,1H3,(H,15,18). The van der Waals surface area contributed by atoms with E-state index in [9.17, 15) is 9.59 Å². The first-order valence-electron chi connectivity index (χ1n) is 6.27. The molecule has 19 heavy (non-hydrogen) atoms. The van der Waals surface area contributed by atoms with Gasteiger partial charge < -0.3 is 9.72 Å². The van der Waals surface area contributed by atoms with Crippen molar-refractivity contribution in [2.45, 2.75) is 19.0 Å². The third-order valence-electron chi connectivity index (χ3n) is 3.49. The molecule has 6 heteroatoms. The second kappa shape index (κ2) is 4.55. The van der Waals surface area contributed by atoms with Crippen LogP contribution in [0.5, 0.6) is 5.75 Å². The summed E-state index contributed by atoms with van der Waals surface area (Å²) in [7, 11) is 1.51. The molecule has 1 aromatic carbocycles. The van der Waals surface area contributed by atoms with Crippen LogP contribution in [0.1, 0.15) is 19.0 Å². The van der Waals surface area contributed by atoms with Gasteiger partial charge in [0.05, 0.1) is 24.2 Å². The Labute approximate surface area is 109 Å². The molecule has 1 fully saturated rings. The SMILES string of the molecule is COc1cccc2c(=O)n(C3CCCN3)c(=O)[nH]c12. The van der Waals surface area contributed by atoms with Crippen LogP contribution in [0.3, 0.4) is 0 Å². The molecular weight excluding hydrogens is 246 g/mol. The van der Waals surface area contributed by atoms with Crippen molar-refractivity contribution in [3.05, 3.63) is 39.0 Å². The van der Waals surface area contributed by atoms with Gasteiger partial charge in [0.15, 0.2) is 0 Å². The number of benzene rings is 1. The van der Waals surface area contributed by atoms with Gasteiger partial charge in [0, 0.05) is 0 Å². The van der Waals surface area contributed by atoms with Gasteiger partial charge in [0.1, 0.15) is 5.75 Å². The normalized spacial score (nSPS) is 18.9. The molecule has 3 rings (SSSR count). The molecule has 2 N–H and O–H groups in total. The lowest BCUT2D eigenvalue weighted by atomic mass is 10.2. The molecule has 0 spiro atoms. The Kier molecular flexibility index (Phi) is 2.87. The molecule has 1 aliphatic heterocycles. The summed E-state index contributed by atoms with van der Waals surface area (Å²) in [6.45, 7) is 0.826. The maximum absolute atomic E-state index is 12.5. The predicted octanol–water partition coefficient (Wildman–Crippen LogP) is 0.580. The summed E-state index contributed by atoms with van der Waals surface area (Å²) in [6, 6.07) is 5.16. The average Bonchev–Trinajstić information content (AvgIpc) is 2.92. The number of nitrogens with one attached hydrogen (secondary N) is 2. The van der Waals surface area contributed by atoms with Crippen molar-refractivity contribution in [3.63, 3.8) is 0 Å². The highest BCUT2D eigenvalue weighted by Gasteiger charge is 2.21. The maximum atomic E-state index is 12.5. The van der Waals surface area contributed by atoms with Gasteiger partial charge in [-0.25, -0.2) is 9.36 Å². The predicted molar refractivity (Wildman–Crippen MR) is 71.7 cm³/mol. The number of methoxy groups -OCH3 is 1. The lowest BCUT2D eigenvalue weighted by Gasteiger charge is -2.14. The van der Waals surface area contributed by atoms with Crippen LogP contribution in [0.2, 0.25) is 0 Å². The Bertz CT molecular complexity index is 726. The third-order valence-corrected chi connectivity index (χ3v) is 3.49. The number of nitrogens with zero attached hydrogens (tertiary/aromatic N) is 1. The van der Waals surface area contributed by atoms with E-state index in [4.69, 9.17) is 4.74 Å². The summed E-state index contributed by atoms with van der Waals surface area (Å²) in [4.78, 5) is 27.3. The zero-order chi connectivity index (χ0) is 13.4. The van der Waals surface area contributed by atoms with Gasteiger partial charge in [-0.05, 0) is 31.5 Å². The average molecular weight is 261 g/mol. The minimum Gasteiger partial charge on any atom is -0.495 e. The molecule has 0 saturated carbocycles. The molecule has 0 aliphatic carbocycles. The van der Waals surface area contributed by atoms with Gasteiger partial charge in [0.25, 0.3) is 5.56 Å². The fourth-order valence-corrected chi connectivity index (χ4v) is 2.57. The van der Waals surface area contributed by atoms with Crippen molar-refractivity contribution in [3.8, 4) is 5.75 Å². The maximum Gasteiger partial charge on any atom is 0.330 e. The lowest BCUT2D eigenvalue weighted by molar-refractivity contribution is 0.416. The van der Waals surface area contributed by atoms with Gasteiger partial charge in [0.2, 0.25) is 0 Å². The van der Waals surface area contributed by atoms with Crippen LogP contribution in [0, 0.1) is 0 Å². The monoisotopic (exact) mass is 261 g/mol. The van der Waals surface area contributed by atoms with Gasteiger partial charge in [-0.3, -0.25) is 10.1 Å². The minimum absolute atomic E-state index is 0.216. The summed E-state index contributed by atoms with van der Waals surface area (Å²) < 4.78 is 6.43. The van der Waals surface area contributed by atoms with Crippen molar-refractivity contribution in [2.24, 2.45) is 0 Å². The van der Waals surface area contributed by atoms with Crippen molar-refractivity contribution >= 4 is 10.9 Å². The van der Waals surface area contributed by atoms with Crippen molar-refractivity contribution in [2.75, 3.05) is 13.7 Å². The number of hydrogen-bond donors (Lipinski definition) is 2. The highest BCUT2D eigenvalue weighted by atomic mass is 16.5. The number of ether oxygens (including phenoxy) is 1. The quantitative estimate of drug-likeness (QED) is 0.829. The van der Waals surface area contributed by atoms with Crippen molar-refractivity contribution in [1.82, 2.24) is 14.9 Å². The van der Waals surface area contributed by atoms with E-state index in [2.05, 4.69) is 10.3 Å². The van der Waals surface area contributed by atoms with E-state index in [0.29, 0.717) is 16.7 Å². The van der Waals surface area contributed by atoms with E-state index in [1.54, 1.807) is 18.2 Å². The molecule has 2 aromatic rings. The Hall–Kier alpha value is -2.08. The van der Waals surface area contributed by atoms with Crippen molar-refractivity contribution < 1.29 is 4.74 Å². The number of H-pyrrole nitrogens is 1. The fraction of sp³-hybridized carbons (Fsp3) is 0.385. The first kappa shape index (κ1) is 12.0. The first-order valence-corrected chi connectivity index (χ1v) is 6.27. The highest BCUT2D eigenvalue weighted by Crippen LogP contribution is 2.20. The smallest absolute Gasteiger partial charge is 0.330 e. The third kappa shape index (κ3) is 1.84. The van der Waals surface area contributed by atoms with Crippen molar-refractivity contribution in [1.29, 1.82) is 0 Å². The molecule has 1 aliphatic rings. The Morgan fingerprint density at radius 3 is 2.89 bits per heavy atom. The summed E-state index contributed by atoms with van der Waals surface area (Å²) in [5.41, 5.74) is -0.229. The summed E-state index contributed by atoms with van der Waals surface area (Å²) in [5, 5.41) is 3.62. The molecule has 1 aromatic heterocycles. The molecule has 100 valence electrons. The minimum atomic E-state index is -0.401. The molecule has 0 amide bonds. The summed E-state index contributed by atoms with van der Waals surface area (Å²) in [6.07, 6.45) is 1.54. The number of rotatable bonds is 2. The fourth-order valence-electron chi connectivity index (χ4n) is 2.57. The van der Waals surface area contributed by atoms with Gasteiger partial charge in [-0.1, -0.05) is 6.07 Å². The van der Waals surface area contributed by atoms with E-state index < -0.39 is 5.69 Å². The molecule has 6 nitrogen and oxygen atoms in total. The van der Waals surface area contributed by atoms with E-state index in [0.717, 1.165) is 19.4 Å². The number of fused-ring (bicyclic) bond motifs is 1. The van der Waals surface area contributed by atoms with E-state index in [1.807, 2.05) is 0 Å². The molecule has 1 saturated heterocycles. The number of hydrogen-bond acceptors (Lipinski definition) is 4. The Balaban J connectivity index is 2.31. The number of para-hydroxylation sites is 1. The summed E-state index contributed by atoms with van der Waals surface area (Å²) >= 11 is 0. The molecule has 0 bridgehead atoms. The number of aromatic amines is 1. The van der Waals surface area contributed by atoms with E-state index >= 15 is 0 Å². The Morgan fingerprint density at radius 1 is 1.37 bits per heavy atom. The zero-order valence-electron chi connectivity index (χ0n) is 10.6. The van der Waals surface area contributed by atoms with Crippen LogP contribution in [0.15, 0.2) is 27.8 Å². The van der Waals surface area contributed by atoms with E-state index in [1.165, 1.54) is 11.7 Å². The lowest BCUT2D eigenvalue weighted by Crippen LogP contribution is -2.41. The summed E-state index contributed by atoms with van der Waals surface area (Å²) in [5.74, 6) is 0.498. The second-order valence-corrected chi connectivity index (χ2v) is 4.60. The van der Waals surface area contributed by atoms with Crippen LogP contribution in [0.4, 0.5) is 0 Å². The van der Waals surface area contributed by atoms with Gasteiger partial charge >= 0.3 is 5.69 Å². The zero-order valence-corrected chi connectivity index (χ0v) is 10.6. The van der Waals surface area contributed by atoms with Crippen LogP contribution >= 0.6 is 0 Å². The van der Waals surface area contributed by atoms with Gasteiger partial charge in [-0.2, -0.15) is 0 Å². The highest BCUT2D eigenvalue weighted by molar-refractivity contribution is 5.83. The Morgan fingerprint density at radius 2 is 2.21 bits per heavy atom. The van der Waals surface area contributed by atoms with Crippen LogP contribution < -0.4 is 21.3 Å². The van der Waals surface area contributed by atoms with E-state index in [-0.39, 0.29) is 11.7 Å². The van der Waals surface area contributed by atoms with Crippen LogP contribution in [0.25, 0.3) is 10.9 Å². The molecular formula is C13H15N3O3. The second-order valence-electron chi connectivity index (χ2n) is 4.60. The molecule has 1 atom stereocenters. The molecule has 2 heterocycles. The topological polar surface area (TPSA) is 76.1 Å². The van der Waals surface area contributed by atoms with Crippen LogP contribution in [-0.4, -0.2) is 23.2 Å². The molecule has 1 unspecified atom stereocenters. The van der Waals surface area contributed by atoms with Gasteiger partial charge in [-0.15, -0.1) is 0 Å². The first-order chi connectivity index (χ1) is 9.22. The number of aromatic nitrogens is 2. The largest absolute Gasteiger partial charge is 0.495 e. The van der Waals surface area contributed by atoms with Crippen LogP contribution in [-0.2, 0) is 0 Å². The molecule has 0 radical (unpaired) electrons.